The highest BCUT2D eigenvalue weighted by Crippen LogP contribution is 2.30. The molecule has 3 rings (SSSR count). The predicted octanol–water partition coefficient (Wildman–Crippen LogP) is 3.22. The highest BCUT2D eigenvalue weighted by Gasteiger charge is 2.26. The van der Waals surface area contributed by atoms with E-state index in [1.165, 1.54) is 6.42 Å². The summed E-state index contributed by atoms with van der Waals surface area (Å²) in [6.07, 6.45) is 5.09. The topological polar surface area (TPSA) is 30.0 Å². The molecule has 0 amide bonds. The van der Waals surface area contributed by atoms with Crippen LogP contribution >= 0.6 is 0 Å². The fraction of sp³-hybridized carbons (Fsp3) is 0.286. The van der Waals surface area contributed by atoms with Crippen LogP contribution in [0.5, 0.6) is 0 Å². The van der Waals surface area contributed by atoms with Gasteiger partial charge in [0.2, 0.25) is 0 Å². The third kappa shape index (κ3) is 1.51. The summed E-state index contributed by atoms with van der Waals surface area (Å²) in [4.78, 5) is 16.3. The summed E-state index contributed by atoms with van der Waals surface area (Å²) in [7, 11) is 0. The van der Waals surface area contributed by atoms with E-state index >= 15 is 0 Å². The average Bonchev–Trinajstić information content (AvgIpc) is 2.26. The predicted molar refractivity (Wildman–Crippen MR) is 63.4 cm³/mol. The molecule has 0 radical (unpaired) electrons. The molecular formula is C14H13NO. The molecule has 80 valence electrons. The zero-order valence-electron chi connectivity index (χ0n) is 9.02. The molecule has 1 aromatic carbocycles. The van der Waals surface area contributed by atoms with Crippen molar-refractivity contribution >= 4 is 16.7 Å². The Balaban J connectivity index is 2.01. The van der Waals surface area contributed by atoms with E-state index in [-0.39, 0.29) is 5.92 Å². The Kier molecular flexibility index (Phi) is 2.21. The average molecular weight is 211 g/mol. The molecule has 1 heterocycles. The van der Waals surface area contributed by atoms with Gasteiger partial charge in [-0.05, 0) is 37.1 Å². The van der Waals surface area contributed by atoms with Crippen molar-refractivity contribution in [3.8, 4) is 0 Å². The number of rotatable bonds is 2. The van der Waals surface area contributed by atoms with E-state index < -0.39 is 0 Å². The first-order valence-corrected chi connectivity index (χ1v) is 5.73. The standard InChI is InChI=1S/C14H13NO/c16-14(10-3-1-4-10)12-6-7-13-11(9-12)5-2-8-15-13/h2,5-10H,1,3-4H2. The Hall–Kier alpha value is -1.70. The van der Waals surface area contributed by atoms with Crippen molar-refractivity contribution < 1.29 is 4.79 Å². The van der Waals surface area contributed by atoms with Crippen LogP contribution in [0.2, 0.25) is 0 Å². The lowest BCUT2D eigenvalue weighted by Crippen LogP contribution is -2.21. The zero-order valence-corrected chi connectivity index (χ0v) is 9.02. The summed E-state index contributed by atoms with van der Waals surface area (Å²) in [6, 6.07) is 9.69. The second kappa shape index (κ2) is 3.71. The van der Waals surface area contributed by atoms with Crippen LogP contribution in [-0.4, -0.2) is 10.8 Å². The van der Waals surface area contributed by atoms with Crippen LogP contribution in [0.1, 0.15) is 29.6 Å². The van der Waals surface area contributed by atoms with Gasteiger partial charge in [0.1, 0.15) is 0 Å². The number of carbonyl (C=O) groups excluding carboxylic acids is 1. The van der Waals surface area contributed by atoms with Gasteiger partial charge in [-0.15, -0.1) is 0 Å². The maximum absolute atomic E-state index is 12.1. The zero-order chi connectivity index (χ0) is 11.0. The maximum atomic E-state index is 12.1. The van der Waals surface area contributed by atoms with Gasteiger partial charge in [-0.2, -0.15) is 0 Å². The number of carbonyl (C=O) groups is 1. The van der Waals surface area contributed by atoms with Crippen molar-refractivity contribution in [1.29, 1.82) is 0 Å². The van der Waals surface area contributed by atoms with Crippen molar-refractivity contribution in [3.05, 3.63) is 42.1 Å². The molecule has 0 atom stereocenters. The van der Waals surface area contributed by atoms with Crippen molar-refractivity contribution in [2.75, 3.05) is 0 Å². The molecule has 2 aromatic rings. The lowest BCUT2D eigenvalue weighted by Gasteiger charge is -2.23. The van der Waals surface area contributed by atoms with Crippen LogP contribution in [0.25, 0.3) is 10.9 Å². The van der Waals surface area contributed by atoms with Crippen molar-refractivity contribution in [1.82, 2.24) is 4.98 Å². The van der Waals surface area contributed by atoms with Crippen LogP contribution < -0.4 is 0 Å². The van der Waals surface area contributed by atoms with E-state index in [4.69, 9.17) is 0 Å². The van der Waals surface area contributed by atoms with Gasteiger partial charge in [-0.1, -0.05) is 12.5 Å². The minimum atomic E-state index is 0.272. The molecule has 0 bridgehead atoms. The molecule has 1 fully saturated rings. The third-order valence-electron chi connectivity index (χ3n) is 3.36. The molecule has 0 saturated heterocycles. The van der Waals surface area contributed by atoms with Gasteiger partial charge in [0.25, 0.3) is 0 Å². The van der Waals surface area contributed by atoms with Crippen molar-refractivity contribution in [2.45, 2.75) is 19.3 Å². The molecular weight excluding hydrogens is 198 g/mol. The lowest BCUT2D eigenvalue weighted by atomic mass is 9.80. The molecule has 1 aliphatic rings. The van der Waals surface area contributed by atoms with E-state index in [2.05, 4.69) is 4.98 Å². The number of hydrogen-bond acceptors (Lipinski definition) is 2. The van der Waals surface area contributed by atoms with Crippen LogP contribution in [0.15, 0.2) is 36.5 Å². The minimum Gasteiger partial charge on any atom is -0.294 e. The summed E-state index contributed by atoms with van der Waals surface area (Å²) in [6.45, 7) is 0. The number of fused-ring (bicyclic) bond motifs is 1. The monoisotopic (exact) mass is 211 g/mol. The molecule has 1 saturated carbocycles. The Morgan fingerprint density at radius 1 is 1.25 bits per heavy atom. The van der Waals surface area contributed by atoms with Gasteiger partial charge in [0.05, 0.1) is 5.52 Å². The highest BCUT2D eigenvalue weighted by atomic mass is 16.1. The second-order valence-corrected chi connectivity index (χ2v) is 4.40. The number of benzene rings is 1. The number of pyridine rings is 1. The molecule has 2 nitrogen and oxygen atoms in total. The molecule has 2 heteroatoms. The molecule has 1 aliphatic carbocycles. The number of Topliss-reactive ketones (excluding diaryl/α,β-unsaturated/α-hetero) is 1. The quantitative estimate of drug-likeness (QED) is 0.714. The molecule has 0 unspecified atom stereocenters. The van der Waals surface area contributed by atoms with Crippen molar-refractivity contribution in [2.24, 2.45) is 5.92 Å². The first-order chi connectivity index (χ1) is 7.84. The van der Waals surface area contributed by atoms with Gasteiger partial charge in [0.15, 0.2) is 5.78 Å². The first-order valence-electron chi connectivity index (χ1n) is 5.73. The van der Waals surface area contributed by atoms with Gasteiger partial charge in [-0.3, -0.25) is 9.78 Å². The molecule has 16 heavy (non-hydrogen) atoms. The summed E-state index contributed by atoms with van der Waals surface area (Å²) >= 11 is 0. The fourth-order valence-electron chi connectivity index (χ4n) is 2.14. The van der Waals surface area contributed by atoms with E-state index in [0.29, 0.717) is 5.78 Å². The van der Waals surface area contributed by atoms with Gasteiger partial charge in [0, 0.05) is 23.1 Å². The Morgan fingerprint density at radius 2 is 2.12 bits per heavy atom. The normalized spacial score (nSPS) is 16.0. The van der Waals surface area contributed by atoms with Gasteiger partial charge in [-0.25, -0.2) is 0 Å². The SMILES string of the molecule is O=C(c1ccc2ncccc2c1)C1CCC1. The third-order valence-corrected chi connectivity index (χ3v) is 3.36. The molecule has 0 N–H and O–H groups in total. The highest BCUT2D eigenvalue weighted by molar-refractivity contribution is 6.01. The van der Waals surface area contributed by atoms with Crippen LogP contribution in [0.3, 0.4) is 0 Å². The number of ketones is 1. The molecule has 0 aliphatic heterocycles. The second-order valence-electron chi connectivity index (χ2n) is 4.40. The van der Waals surface area contributed by atoms with Crippen LogP contribution in [0.4, 0.5) is 0 Å². The van der Waals surface area contributed by atoms with E-state index in [1.807, 2.05) is 30.3 Å². The van der Waals surface area contributed by atoms with E-state index in [1.54, 1.807) is 6.20 Å². The molecule has 1 aromatic heterocycles. The van der Waals surface area contributed by atoms with E-state index in [9.17, 15) is 4.79 Å². The first kappa shape index (κ1) is 9.52. The summed E-state index contributed by atoms with van der Waals surface area (Å²) in [5.74, 6) is 0.575. The van der Waals surface area contributed by atoms with Crippen LogP contribution in [-0.2, 0) is 0 Å². The van der Waals surface area contributed by atoms with Gasteiger partial charge >= 0.3 is 0 Å². The Labute approximate surface area is 94.3 Å². The largest absolute Gasteiger partial charge is 0.294 e. The summed E-state index contributed by atoms with van der Waals surface area (Å²) in [5, 5.41) is 1.05. The number of nitrogens with zero attached hydrogens (tertiary/aromatic N) is 1. The van der Waals surface area contributed by atoms with E-state index in [0.717, 1.165) is 29.3 Å². The van der Waals surface area contributed by atoms with Crippen LogP contribution in [0, 0.1) is 5.92 Å². The number of hydrogen-bond donors (Lipinski definition) is 0. The lowest BCUT2D eigenvalue weighted by molar-refractivity contribution is 0.0855. The fourth-order valence-corrected chi connectivity index (χ4v) is 2.14. The molecule has 0 spiro atoms. The number of aromatic nitrogens is 1. The van der Waals surface area contributed by atoms with Gasteiger partial charge < -0.3 is 0 Å². The Bertz CT molecular complexity index is 543. The Morgan fingerprint density at radius 3 is 2.88 bits per heavy atom. The minimum absolute atomic E-state index is 0.272. The smallest absolute Gasteiger partial charge is 0.165 e. The summed E-state index contributed by atoms with van der Waals surface area (Å²) < 4.78 is 0. The van der Waals surface area contributed by atoms with Crippen molar-refractivity contribution in [3.63, 3.8) is 0 Å². The summed E-state index contributed by atoms with van der Waals surface area (Å²) in [5.41, 5.74) is 1.79. The maximum Gasteiger partial charge on any atom is 0.165 e.